The van der Waals surface area contributed by atoms with E-state index in [2.05, 4.69) is 5.10 Å². The standard InChI is InChI=1S/C15H15N3OS/c19-15-13-9-12(14-5-2-8-20-14)16-18(13)7-6-17(15)10-11-3-1-4-11/h2,5-9,11H,1,3-4,10H2. The lowest BCUT2D eigenvalue weighted by Gasteiger charge is -2.25. The third-order valence-electron chi connectivity index (χ3n) is 4.06. The molecule has 5 heteroatoms. The summed E-state index contributed by atoms with van der Waals surface area (Å²) in [5, 5.41) is 6.51. The van der Waals surface area contributed by atoms with Crippen molar-refractivity contribution in [2.24, 2.45) is 5.92 Å². The fourth-order valence-corrected chi connectivity index (χ4v) is 3.35. The molecule has 1 aliphatic carbocycles. The molecule has 0 aromatic carbocycles. The number of aromatic nitrogens is 3. The van der Waals surface area contributed by atoms with Crippen LogP contribution in [-0.4, -0.2) is 14.2 Å². The van der Waals surface area contributed by atoms with Crippen LogP contribution in [0, 0.1) is 5.92 Å². The van der Waals surface area contributed by atoms with E-state index in [4.69, 9.17) is 0 Å². The lowest BCUT2D eigenvalue weighted by atomic mass is 9.85. The average molecular weight is 285 g/mol. The minimum atomic E-state index is 0.0645. The van der Waals surface area contributed by atoms with Gasteiger partial charge in [0.05, 0.1) is 4.88 Å². The minimum Gasteiger partial charge on any atom is -0.312 e. The molecule has 3 aromatic heterocycles. The molecule has 0 radical (unpaired) electrons. The average Bonchev–Trinajstić information content (AvgIpc) is 3.04. The second-order valence-electron chi connectivity index (χ2n) is 5.39. The molecular formula is C15H15N3OS. The molecule has 4 rings (SSSR count). The van der Waals surface area contributed by atoms with Crippen LogP contribution in [0.5, 0.6) is 0 Å². The molecule has 4 nitrogen and oxygen atoms in total. The summed E-state index contributed by atoms with van der Waals surface area (Å²) >= 11 is 1.64. The van der Waals surface area contributed by atoms with Gasteiger partial charge in [-0.15, -0.1) is 11.3 Å². The van der Waals surface area contributed by atoms with Gasteiger partial charge in [0.25, 0.3) is 5.56 Å². The zero-order chi connectivity index (χ0) is 13.5. The predicted octanol–water partition coefficient (Wildman–Crippen LogP) is 3.02. The number of thiophene rings is 1. The first-order valence-electron chi connectivity index (χ1n) is 6.94. The molecule has 0 atom stereocenters. The molecule has 0 unspecified atom stereocenters. The summed E-state index contributed by atoms with van der Waals surface area (Å²) in [7, 11) is 0. The molecular weight excluding hydrogens is 270 g/mol. The van der Waals surface area contributed by atoms with Gasteiger partial charge in [-0.25, -0.2) is 4.52 Å². The van der Waals surface area contributed by atoms with E-state index in [-0.39, 0.29) is 5.56 Å². The molecule has 1 fully saturated rings. The van der Waals surface area contributed by atoms with E-state index >= 15 is 0 Å². The number of hydrogen-bond acceptors (Lipinski definition) is 3. The SMILES string of the molecule is O=c1c2cc(-c3cccs3)nn2ccn1CC1CCC1. The van der Waals surface area contributed by atoms with Gasteiger partial charge in [0, 0.05) is 18.9 Å². The first-order valence-corrected chi connectivity index (χ1v) is 7.82. The summed E-state index contributed by atoms with van der Waals surface area (Å²) in [6.45, 7) is 0.842. The maximum absolute atomic E-state index is 12.5. The maximum atomic E-state index is 12.5. The van der Waals surface area contributed by atoms with Gasteiger partial charge in [-0.1, -0.05) is 12.5 Å². The number of rotatable bonds is 3. The second-order valence-corrected chi connectivity index (χ2v) is 6.34. The van der Waals surface area contributed by atoms with Crippen molar-refractivity contribution in [3.05, 3.63) is 46.3 Å². The van der Waals surface area contributed by atoms with E-state index in [1.807, 2.05) is 40.5 Å². The van der Waals surface area contributed by atoms with Gasteiger partial charge in [-0.05, 0) is 36.3 Å². The van der Waals surface area contributed by atoms with Gasteiger partial charge in [-0.2, -0.15) is 5.10 Å². The van der Waals surface area contributed by atoms with Crippen molar-refractivity contribution in [3.63, 3.8) is 0 Å². The summed E-state index contributed by atoms with van der Waals surface area (Å²) in [6, 6.07) is 5.92. The highest BCUT2D eigenvalue weighted by Crippen LogP contribution is 2.27. The van der Waals surface area contributed by atoms with Crippen LogP contribution in [0.2, 0.25) is 0 Å². The van der Waals surface area contributed by atoms with E-state index in [1.54, 1.807) is 15.9 Å². The fourth-order valence-electron chi connectivity index (χ4n) is 2.67. The summed E-state index contributed by atoms with van der Waals surface area (Å²) in [5.41, 5.74) is 1.60. The highest BCUT2D eigenvalue weighted by Gasteiger charge is 2.19. The van der Waals surface area contributed by atoms with Crippen molar-refractivity contribution in [2.75, 3.05) is 0 Å². The van der Waals surface area contributed by atoms with Crippen LogP contribution in [0.1, 0.15) is 19.3 Å². The van der Waals surface area contributed by atoms with Gasteiger partial charge < -0.3 is 4.57 Å². The topological polar surface area (TPSA) is 39.3 Å². The molecule has 102 valence electrons. The quantitative estimate of drug-likeness (QED) is 0.742. The van der Waals surface area contributed by atoms with E-state index in [9.17, 15) is 4.79 Å². The Hall–Kier alpha value is -1.88. The van der Waals surface area contributed by atoms with Crippen LogP contribution < -0.4 is 5.56 Å². The van der Waals surface area contributed by atoms with Crippen LogP contribution in [0.25, 0.3) is 16.1 Å². The normalized spacial score (nSPS) is 15.6. The van der Waals surface area contributed by atoms with Crippen molar-refractivity contribution in [3.8, 4) is 10.6 Å². The molecule has 0 aliphatic heterocycles. The molecule has 20 heavy (non-hydrogen) atoms. The molecule has 0 spiro atoms. The summed E-state index contributed by atoms with van der Waals surface area (Å²) in [6.07, 6.45) is 7.54. The molecule has 0 N–H and O–H groups in total. The van der Waals surface area contributed by atoms with Crippen molar-refractivity contribution >= 4 is 16.9 Å². The number of fused-ring (bicyclic) bond motifs is 1. The van der Waals surface area contributed by atoms with Gasteiger partial charge in [0.2, 0.25) is 0 Å². The Kier molecular flexibility index (Phi) is 2.73. The lowest BCUT2D eigenvalue weighted by Crippen LogP contribution is -2.27. The first kappa shape index (κ1) is 11.9. The summed E-state index contributed by atoms with van der Waals surface area (Å²) in [5.74, 6) is 0.676. The van der Waals surface area contributed by atoms with Crippen molar-refractivity contribution in [2.45, 2.75) is 25.8 Å². The summed E-state index contributed by atoms with van der Waals surface area (Å²) < 4.78 is 3.52. The van der Waals surface area contributed by atoms with Gasteiger partial charge in [0.15, 0.2) is 0 Å². The number of hydrogen-bond donors (Lipinski definition) is 0. The lowest BCUT2D eigenvalue weighted by molar-refractivity contribution is 0.274. The molecule has 3 aromatic rings. The smallest absolute Gasteiger partial charge is 0.276 e. The zero-order valence-corrected chi connectivity index (χ0v) is 11.8. The molecule has 1 aliphatic rings. The van der Waals surface area contributed by atoms with Gasteiger partial charge in [0.1, 0.15) is 11.2 Å². The molecule has 0 saturated heterocycles. The monoisotopic (exact) mass is 285 g/mol. The molecule has 0 amide bonds. The molecule has 1 saturated carbocycles. The maximum Gasteiger partial charge on any atom is 0.276 e. The van der Waals surface area contributed by atoms with Crippen LogP contribution >= 0.6 is 11.3 Å². The van der Waals surface area contributed by atoms with Gasteiger partial charge in [-0.3, -0.25) is 4.79 Å². The van der Waals surface area contributed by atoms with Crippen LogP contribution in [0.15, 0.2) is 40.8 Å². The number of nitrogens with zero attached hydrogens (tertiary/aromatic N) is 3. The Labute approximate surface area is 120 Å². The zero-order valence-electron chi connectivity index (χ0n) is 11.0. The van der Waals surface area contributed by atoms with E-state index in [1.165, 1.54) is 19.3 Å². The third kappa shape index (κ3) is 1.89. The minimum absolute atomic E-state index is 0.0645. The molecule has 3 heterocycles. The molecule has 0 bridgehead atoms. The Morgan fingerprint density at radius 2 is 2.25 bits per heavy atom. The Bertz CT molecular complexity index is 796. The van der Waals surface area contributed by atoms with E-state index in [0.717, 1.165) is 17.1 Å². The highest BCUT2D eigenvalue weighted by atomic mass is 32.1. The van der Waals surface area contributed by atoms with Crippen molar-refractivity contribution < 1.29 is 0 Å². The van der Waals surface area contributed by atoms with Crippen molar-refractivity contribution in [1.82, 2.24) is 14.2 Å². The Morgan fingerprint density at radius 1 is 1.35 bits per heavy atom. The summed E-state index contributed by atoms with van der Waals surface area (Å²) in [4.78, 5) is 13.6. The predicted molar refractivity (Wildman–Crippen MR) is 80.1 cm³/mol. The van der Waals surface area contributed by atoms with E-state index in [0.29, 0.717) is 11.4 Å². The van der Waals surface area contributed by atoms with Crippen LogP contribution in [0.3, 0.4) is 0 Å². The second kappa shape index (κ2) is 4.59. The van der Waals surface area contributed by atoms with Crippen molar-refractivity contribution in [1.29, 1.82) is 0 Å². The first-order chi connectivity index (χ1) is 9.81. The van der Waals surface area contributed by atoms with Crippen LogP contribution in [-0.2, 0) is 6.54 Å². The Balaban J connectivity index is 1.78. The third-order valence-corrected chi connectivity index (χ3v) is 4.95. The van der Waals surface area contributed by atoms with Crippen LogP contribution in [0.4, 0.5) is 0 Å². The Morgan fingerprint density at radius 3 is 2.95 bits per heavy atom. The highest BCUT2D eigenvalue weighted by molar-refractivity contribution is 7.13. The largest absolute Gasteiger partial charge is 0.312 e. The fraction of sp³-hybridized carbons (Fsp3) is 0.333. The van der Waals surface area contributed by atoms with Gasteiger partial charge >= 0.3 is 0 Å². The van der Waals surface area contributed by atoms with E-state index < -0.39 is 0 Å².